The Bertz CT molecular complexity index is 518. The van der Waals surface area contributed by atoms with Gasteiger partial charge in [-0.2, -0.15) is 0 Å². The maximum atomic E-state index is 12.0. The summed E-state index contributed by atoms with van der Waals surface area (Å²) in [4.78, 5) is 14.3. The van der Waals surface area contributed by atoms with Crippen LogP contribution in [0.25, 0.3) is 0 Å². The number of nitrogens with zero attached hydrogens (tertiary/aromatic N) is 1. The molecule has 1 fully saturated rings. The van der Waals surface area contributed by atoms with E-state index < -0.39 is 0 Å². The number of piperidine rings is 1. The maximum Gasteiger partial charge on any atom is 0.238 e. The summed E-state index contributed by atoms with van der Waals surface area (Å²) < 4.78 is 0. The van der Waals surface area contributed by atoms with E-state index in [1.807, 2.05) is 11.8 Å². The fraction of sp³-hybridized carbons (Fsp3) is 0.467. The largest absolute Gasteiger partial charge is 0.392 e. The topological polar surface area (TPSA) is 78.6 Å². The van der Waals surface area contributed by atoms with Gasteiger partial charge < -0.3 is 16.2 Å². The number of carbonyl (C=O) groups is 1. The average molecular weight is 307 g/mol. The average Bonchev–Trinajstić information content (AvgIpc) is 2.43. The van der Waals surface area contributed by atoms with Crippen LogP contribution in [0.4, 0.5) is 5.69 Å². The van der Waals surface area contributed by atoms with Crippen molar-refractivity contribution < 1.29 is 9.90 Å². The van der Waals surface area contributed by atoms with Gasteiger partial charge in [0.2, 0.25) is 5.91 Å². The highest BCUT2D eigenvalue weighted by Crippen LogP contribution is 2.17. The van der Waals surface area contributed by atoms with Gasteiger partial charge in [-0.05, 0) is 43.1 Å². The molecule has 0 saturated carbocycles. The predicted molar refractivity (Wildman–Crippen MR) is 87.2 cm³/mol. The fourth-order valence-corrected chi connectivity index (χ4v) is 2.52. The number of nitrogens with two attached hydrogens (primary N) is 1. The molecule has 1 heterocycles. The van der Waals surface area contributed by atoms with Gasteiger partial charge in [-0.3, -0.25) is 9.69 Å². The minimum atomic E-state index is -0.351. The molecule has 1 aromatic rings. The summed E-state index contributed by atoms with van der Waals surface area (Å²) in [7, 11) is 0. The number of β-amino-alcohol motifs (C(OH)–C–C–N with tert-alkyl or cyclic N) is 1. The van der Waals surface area contributed by atoms with E-state index in [1.165, 1.54) is 0 Å². The molecule has 5 nitrogen and oxygen atoms in total. The van der Waals surface area contributed by atoms with Gasteiger partial charge in [0.05, 0.1) is 12.6 Å². The number of hydrogen-bond donors (Lipinski definition) is 3. The van der Waals surface area contributed by atoms with Gasteiger partial charge in [-0.15, -0.1) is 0 Å². The van der Waals surface area contributed by atoms with E-state index in [2.05, 4.69) is 5.32 Å². The first kappa shape index (κ1) is 15.9. The van der Waals surface area contributed by atoms with Crippen LogP contribution in [0.1, 0.15) is 18.9 Å². The zero-order valence-electron chi connectivity index (χ0n) is 12.1. The van der Waals surface area contributed by atoms with E-state index in [1.54, 1.807) is 24.3 Å². The van der Waals surface area contributed by atoms with Crippen LogP contribution in [0.3, 0.4) is 0 Å². The summed E-state index contributed by atoms with van der Waals surface area (Å²) in [5, 5.41) is 12.7. The van der Waals surface area contributed by atoms with Crippen LogP contribution in [0.15, 0.2) is 24.3 Å². The zero-order valence-corrected chi connectivity index (χ0v) is 12.9. The number of aliphatic hydroxyl groups is 1. The molecular formula is C15H21N3O2S. The van der Waals surface area contributed by atoms with E-state index in [0.717, 1.165) is 18.5 Å². The number of amides is 1. The normalized spacial score (nSPS) is 22.8. The molecule has 0 radical (unpaired) electrons. The Morgan fingerprint density at radius 2 is 2.14 bits per heavy atom. The van der Waals surface area contributed by atoms with E-state index >= 15 is 0 Å². The fourth-order valence-electron chi connectivity index (χ4n) is 2.38. The van der Waals surface area contributed by atoms with Crippen LogP contribution in [0.2, 0.25) is 0 Å². The first-order chi connectivity index (χ1) is 9.95. The molecule has 2 atom stereocenters. The molecule has 4 N–H and O–H groups in total. The third-order valence-electron chi connectivity index (χ3n) is 3.82. The number of likely N-dealkylation sites (tertiary alicyclic amines) is 1. The van der Waals surface area contributed by atoms with Crippen LogP contribution in [0, 0.1) is 5.92 Å². The summed E-state index contributed by atoms with van der Waals surface area (Å²) in [5.74, 6) is 0.219. The number of benzene rings is 1. The molecular weight excluding hydrogens is 286 g/mol. The minimum Gasteiger partial charge on any atom is -0.392 e. The lowest BCUT2D eigenvalue weighted by Crippen LogP contribution is -2.45. The maximum absolute atomic E-state index is 12.0. The van der Waals surface area contributed by atoms with Gasteiger partial charge in [0.15, 0.2) is 0 Å². The number of anilines is 1. The highest BCUT2D eigenvalue weighted by Gasteiger charge is 2.25. The molecule has 0 aliphatic carbocycles. The second-order valence-electron chi connectivity index (χ2n) is 5.56. The Kier molecular flexibility index (Phi) is 5.27. The third-order valence-corrected chi connectivity index (χ3v) is 4.06. The van der Waals surface area contributed by atoms with Crippen molar-refractivity contribution in [1.82, 2.24) is 4.90 Å². The van der Waals surface area contributed by atoms with Crippen molar-refractivity contribution in [2.45, 2.75) is 19.4 Å². The van der Waals surface area contributed by atoms with Gasteiger partial charge in [-0.25, -0.2) is 0 Å². The Balaban J connectivity index is 1.85. The van der Waals surface area contributed by atoms with Gasteiger partial charge in [0, 0.05) is 17.8 Å². The number of nitrogens with one attached hydrogen (secondary N) is 1. The molecule has 2 rings (SSSR count). The summed E-state index contributed by atoms with van der Waals surface area (Å²) in [6.45, 7) is 3.72. The van der Waals surface area contributed by atoms with Gasteiger partial charge in [0.25, 0.3) is 0 Å². The molecule has 0 aromatic heterocycles. The SMILES string of the molecule is CC1CCN(CC(=O)Nc2ccc(C(N)=S)cc2)CC1O. The number of rotatable bonds is 4. The Hall–Kier alpha value is -1.50. The summed E-state index contributed by atoms with van der Waals surface area (Å²) >= 11 is 4.88. The molecule has 6 heteroatoms. The number of hydrogen-bond acceptors (Lipinski definition) is 4. The van der Waals surface area contributed by atoms with Crippen LogP contribution >= 0.6 is 12.2 Å². The van der Waals surface area contributed by atoms with Crippen molar-refractivity contribution in [2.75, 3.05) is 25.0 Å². The van der Waals surface area contributed by atoms with Crippen molar-refractivity contribution in [3.05, 3.63) is 29.8 Å². The second-order valence-corrected chi connectivity index (χ2v) is 6.00. The molecule has 1 amide bonds. The molecule has 1 aliphatic heterocycles. The van der Waals surface area contributed by atoms with E-state index in [0.29, 0.717) is 29.7 Å². The molecule has 0 bridgehead atoms. The summed E-state index contributed by atoms with van der Waals surface area (Å²) in [5.41, 5.74) is 7.01. The number of carbonyl (C=O) groups excluding carboxylic acids is 1. The summed E-state index contributed by atoms with van der Waals surface area (Å²) in [6, 6.07) is 7.12. The van der Waals surface area contributed by atoms with Crippen molar-refractivity contribution in [1.29, 1.82) is 0 Å². The highest BCUT2D eigenvalue weighted by atomic mass is 32.1. The predicted octanol–water partition coefficient (Wildman–Crippen LogP) is 0.962. The summed E-state index contributed by atoms with van der Waals surface area (Å²) in [6.07, 6.45) is 0.563. The molecule has 1 saturated heterocycles. The first-order valence-corrected chi connectivity index (χ1v) is 7.46. The van der Waals surface area contributed by atoms with Crippen LogP contribution < -0.4 is 11.1 Å². The monoisotopic (exact) mass is 307 g/mol. The molecule has 114 valence electrons. The van der Waals surface area contributed by atoms with Crippen molar-refractivity contribution in [2.24, 2.45) is 11.7 Å². The third kappa shape index (κ3) is 4.49. The van der Waals surface area contributed by atoms with Gasteiger partial charge in [0.1, 0.15) is 4.99 Å². The molecule has 2 unspecified atom stereocenters. The van der Waals surface area contributed by atoms with E-state index in [4.69, 9.17) is 18.0 Å². The number of thiocarbonyl (C=S) groups is 1. The van der Waals surface area contributed by atoms with Crippen LogP contribution in [-0.4, -0.2) is 46.6 Å². The number of aliphatic hydroxyl groups excluding tert-OH is 1. The van der Waals surface area contributed by atoms with E-state index in [9.17, 15) is 9.90 Å². The lowest BCUT2D eigenvalue weighted by Gasteiger charge is -2.33. The van der Waals surface area contributed by atoms with Crippen molar-refractivity contribution in [3.63, 3.8) is 0 Å². The molecule has 1 aliphatic rings. The Morgan fingerprint density at radius 3 is 2.71 bits per heavy atom. The second kappa shape index (κ2) is 6.98. The van der Waals surface area contributed by atoms with E-state index in [-0.39, 0.29) is 12.0 Å². The lowest BCUT2D eigenvalue weighted by molar-refractivity contribution is -0.118. The highest BCUT2D eigenvalue weighted by molar-refractivity contribution is 7.80. The minimum absolute atomic E-state index is 0.0835. The molecule has 0 spiro atoms. The Morgan fingerprint density at radius 1 is 1.48 bits per heavy atom. The van der Waals surface area contributed by atoms with Gasteiger partial charge >= 0.3 is 0 Å². The van der Waals surface area contributed by atoms with Crippen LogP contribution in [0.5, 0.6) is 0 Å². The zero-order chi connectivity index (χ0) is 15.4. The standard InChI is InChI=1S/C15H21N3O2S/c1-10-6-7-18(8-13(10)19)9-14(20)17-12-4-2-11(3-5-12)15(16)21/h2-5,10,13,19H,6-9H2,1H3,(H2,16,21)(H,17,20). The quantitative estimate of drug-likeness (QED) is 0.722. The van der Waals surface area contributed by atoms with Crippen molar-refractivity contribution >= 4 is 28.8 Å². The molecule has 1 aromatic carbocycles. The smallest absolute Gasteiger partial charge is 0.238 e. The van der Waals surface area contributed by atoms with Crippen molar-refractivity contribution in [3.8, 4) is 0 Å². The lowest BCUT2D eigenvalue weighted by atomic mass is 9.96. The van der Waals surface area contributed by atoms with Gasteiger partial charge in [-0.1, -0.05) is 19.1 Å². The Labute approximate surface area is 130 Å². The first-order valence-electron chi connectivity index (χ1n) is 7.06. The molecule has 21 heavy (non-hydrogen) atoms. The van der Waals surface area contributed by atoms with Crippen LogP contribution in [-0.2, 0) is 4.79 Å².